The molecule has 1 heterocycles. The minimum Gasteiger partial charge on any atom is -0.309 e. The molecule has 0 fully saturated rings. The fraction of sp³-hybridized carbons (Fsp3) is 0.364. The smallest absolute Gasteiger partial charge is 0.0641 e. The van der Waals surface area contributed by atoms with Gasteiger partial charge in [0.2, 0.25) is 0 Å². The molecular weight excluding hydrogens is 196 g/mol. The molecule has 1 unspecified atom stereocenters. The second kappa shape index (κ2) is 4.00. The van der Waals surface area contributed by atoms with E-state index in [1.54, 1.807) is 0 Å². The van der Waals surface area contributed by atoms with Crippen molar-refractivity contribution in [1.29, 1.82) is 5.26 Å². The lowest BCUT2D eigenvalue weighted by molar-refractivity contribution is 0.513. The van der Waals surface area contributed by atoms with E-state index in [0.717, 1.165) is 18.0 Å². The predicted molar refractivity (Wildman–Crippen MR) is 56.1 cm³/mol. The summed E-state index contributed by atoms with van der Waals surface area (Å²) in [5.41, 5.74) is 2.50. The van der Waals surface area contributed by atoms with Gasteiger partial charge < -0.3 is 5.32 Å². The molecule has 1 aliphatic heterocycles. The average Bonchev–Trinajstić information content (AvgIpc) is 2.18. The number of hydrogen-bond acceptors (Lipinski definition) is 2. The zero-order valence-corrected chi connectivity index (χ0v) is 8.51. The number of nitrogens with zero attached hydrogens (tertiary/aromatic N) is 1. The number of halogens is 1. The van der Waals surface area contributed by atoms with E-state index in [1.807, 2.05) is 18.2 Å². The molecule has 2 rings (SSSR count). The van der Waals surface area contributed by atoms with E-state index in [-0.39, 0.29) is 6.04 Å². The van der Waals surface area contributed by atoms with Crippen LogP contribution >= 0.6 is 11.6 Å². The third kappa shape index (κ3) is 1.75. The maximum atomic E-state index is 8.68. The predicted octanol–water partition coefficient (Wildman–Crippen LogP) is 2.44. The van der Waals surface area contributed by atoms with Crippen LogP contribution in [0.2, 0.25) is 5.02 Å². The van der Waals surface area contributed by atoms with Crippen LogP contribution in [0.1, 0.15) is 23.6 Å². The van der Waals surface area contributed by atoms with Gasteiger partial charge in [-0.2, -0.15) is 5.26 Å². The number of hydrogen-bond donors (Lipinski definition) is 1. The Morgan fingerprint density at radius 2 is 2.43 bits per heavy atom. The van der Waals surface area contributed by atoms with Crippen molar-refractivity contribution in [1.82, 2.24) is 5.32 Å². The first-order valence-electron chi connectivity index (χ1n) is 4.70. The van der Waals surface area contributed by atoms with Crippen molar-refractivity contribution >= 4 is 11.6 Å². The monoisotopic (exact) mass is 206 g/mol. The molecule has 0 bridgehead atoms. The largest absolute Gasteiger partial charge is 0.309 e. The molecule has 2 nitrogen and oxygen atoms in total. The van der Waals surface area contributed by atoms with Gasteiger partial charge in [-0.05, 0) is 36.2 Å². The SMILES string of the molecule is N#CCC1NCCc2cc(Cl)ccc21. The van der Waals surface area contributed by atoms with Gasteiger partial charge in [-0.1, -0.05) is 17.7 Å². The number of benzene rings is 1. The van der Waals surface area contributed by atoms with Crippen LogP contribution in [0.5, 0.6) is 0 Å². The lowest BCUT2D eigenvalue weighted by Crippen LogP contribution is -2.29. The van der Waals surface area contributed by atoms with Crippen molar-refractivity contribution in [2.75, 3.05) is 6.54 Å². The van der Waals surface area contributed by atoms with Gasteiger partial charge >= 0.3 is 0 Å². The molecule has 3 heteroatoms. The van der Waals surface area contributed by atoms with Gasteiger partial charge in [0.25, 0.3) is 0 Å². The molecule has 14 heavy (non-hydrogen) atoms. The molecule has 1 atom stereocenters. The topological polar surface area (TPSA) is 35.8 Å². The van der Waals surface area contributed by atoms with Gasteiger partial charge in [-0.3, -0.25) is 0 Å². The van der Waals surface area contributed by atoms with E-state index < -0.39 is 0 Å². The van der Waals surface area contributed by atoms with Crippen LogP contribution < -0.4 is 5.32 Å². The minimum atomic E-state index is 0.181. The minimum absolute atomic E-state index is 0.181. The van der Waals surface area contributed by atoms with E-state index in [1.165, 1.54) is 11.1 Å². The molecule has 1 aliphatic rings. The summed E-state index contributed by atoms with van der Waals surface area (Å²) in [6.45, 7) is 0.930. The van der Waals surface area contributed by atoms with Gasteiger partial charge in [0, 0.05) is 11.1 Å². The van der Waals surface area contributed by atoms with Crippen LogP contribution in [0, 0.1) is 11.3 Å². The summed E-state index contributed by atoms with van der Waals surface area (Å²) < 4.78 is 0. The van der Waals surface area contributed by atoms with E-state index in [9.17, 15) is 0 Å². The maximum absolute atomic E-state index is 8.68. The van der Waals surface area contributed by atoms with E-state index in [2.05, 4.69) is 11.4 Å². The molecule has 0 saturated heterocycles. The van der Waals surface area contributed by atoms with E-state index in [0.29, 0.717) is 6.42 Å². The Balaban J connectivity index is 2.36. The molecule has 0 amide bonds. The lowest BCUT2D eigenvalue weighted by atomic mass is 9.93. The Labute approximate surface area is 88.5 Å². The van der Waals surface area contributed by atoms with E-state index in [4.69, 9.17) is 16.9 Å². The Hall–Kier alpha value is -1.04. The highest BCUT2D eigenvalue weighted by Gasteiger charge is 2.18. The molecule has 0 aromatic heterocycles. The quantitative estimate of drug-likeness (QED) is 0.766. The van der Waals surface area contributed by atoms with Crippen molar-refractivity contribution in [3.8, 4) is 6.07 Å². The van der Waals surface area contributed by atoms with Crippen LogP contribution in [-0.2, 0) is 6.42 Å². The normalized spacial score (nSPS) is 19.9. The first-order valence-corrected chi connectivity index (χ1v) is 5.07. The van der Waals surface area contributed by atoms with Crippen LogP contribution in [-0.4, -0.2) is 6.54 Å². The Bertz CT molecular complexity index is 381. The standard InChI is InChI=1S/C11H11ClN2/c12-9-1-2-10-8(7-9)4-6-14-11(10)3-5-13/h1-2,7,11,14H,3-4,6H2. The molecule has 0 radical (unpaired) electrons. The molecule has 1 aromatic rings. The van der Waals surface area contributed by atoms with Crippen molar-refractivity contribution in [3.05, 3.63) is 34.3 Å². The zero-order chi connectivity index (χ0) is 9.97. The van der Waals surface area contributed by atoms with Crippen molar-refractivity contribution in [3.63, 3.8) is 0 Å². The molecule has 1 N–H and O–H groups in total. The van der Waals surface area contributed by atoms with Gasteiger partial charge in [-0.15, -0.1) is 0 Å². The Kier molecular flexibility index (Phi) is 2.72. The van der Waals surface area contributed by atoms with Crippen LogP contribution in [0.15, 0.2) is 18.2 Å². The summed E-state index contributed by atoms with van der Waals surface area (Å²) >= 11 is 5.92. The highest BCUT2D eigenvalue weighted by Crippen LogP contribution is 2.27. The molecular formula is C11H11ClN2. The van der Waals surface area contributed by atoms with Crippen molar-refractivity contribution in [2.24, 2.45) is 0 Å². The van der Waals surface area contributed by atoms with Crippen molar-refractivity contribution in [2.45, 2.75) is 18.9 Å². The number of nitriles is 1. The number of nitrogens with one attached hydrogen (secondary N) is 1. The van der Waals surface area contributed by atoms with E-state index >= 15 is 0 Å². The fourth-order valence-electron chi connectivity index (χ4n) is 1.90. The summed E-state index contributed by atoms with van der Waals surface area (Å²) in [7, 11) is 0. The van der Waals surface area contributed by atoms with Crippen LogP contribution in [0.3, 0.4) is 0 Å². The van der Waals surface area contributed by atoms with Crippen LogP contribution in [0.25, 0.3) is 0 Å². The summed E-state index contributed by atoms with van der Waals surface area (Å²) in [5.74, 6) is 0. The van der Waals surface area contributed by atoms with Crippen molar-refractivity contribution < 1.29 is 0 Å². The highest BCUT2D eigenvalue weighted by molar-refractivity contribution is 6.30. The fourth-order valence-corrected chi connectivity index (χ4v) is 2.09. The van der Waals surface area contributed by atoms with Gasteiger partial charge in [0.15, 0.2) is 0 Å². The zero-order valence-electron chi connectivity index (χ0n) is 7.76. The third-order valence-corrected chi connectivity index (χ3v) is 2.80. The summed E-state index contributed by atoms with van der Waals surface area (Å²) in [6.07, 6.45) is 1.52. The highest BCUT2D eigenvalue weighted by atomic mass is 35.5. The van der Waals surface area contributed by atoms with Gasteiger partial charge in [-0.25, -0.2) is 0 Å². The summed E-state index contributed by atoms with van der Waals surface area (Å²) in [5, 5.41) is 12.8. The Morgan fingerprint density at radius 1 is 1.57 bits per heavy atom. The maximum Gasteiger partial charge on any atom is 0.0641 e. The molecule has 0 aliphatic carbocycles. The summed E-state index contributed by atoms with van der Waals surface area (Å²) in [6, 6.07) is 8.29. The number of rotatable bonds is 1. The third-order valence-electron chi connectivity index (χ3n) is 2.56. The number of fused-ring (bicyclic) bond motifs is 1. The second-order valence-corrected chi connectivity index (χ2v) is 3.90. The van der Waals surface area contributed by atoms with Gasteiger partial charge in [0.1, 0.15) is 0 Å². The van der Waals surface area contributed by atoms with Gasteiger partial charge in [0.05, 0.1) is 12.5 Å². The Morgan fingerprint density at radius 3 is 3.21 bits per heavy atom. The first kappa shape index (κ1) is 9.51. The average molecular weight is 207 g/mol. The molecule has 72 valence electrons. The molecule has 0 spiro atoms. The van der Waals surface area contributed by atoms with Crippen LogP contribution in [0.4, 0.5) is 0 Å². The summed E-state index contributed by atoms with van der Waals surface area (Å²) in [4.78, 5) is 0. The lowest BCUT2D eigenvalue weighted by Gasteiger charge is -2.25. The molecule has 0 saturated carbocycles. The molecule has 1 aromatic carbocycles. The second-order valence-electron chi connectivity index (χ2n) is 3.46. The first-order chi connectivity index (χ1) is 6.81.